The molecule has 0 spiro atoms. The largest absolute Gasteiger partial charge is 0.394 e. The monoisotopic (exact) mass is 680 g/mol. The Morgan fingerprint density at radius 3 is 2.38 bits per heavy atom. The van der Waals surface area contributed by atoms with Crippen molar-refractivity contribution < 1.29 is 59.4 Å². The molecule has 7 aliphatic rings. The maximum absolute atomic E-state index is 11.9. The number of fused-ring (bicyclic) bond motifs is 6. The van der Waals surface area contributed by atoms with Crippen molar-refractivity contribution in [3.63, 3.8) is 0 Å². The number of aliphatic hydroxyl groups is 7. The molecule has 0 aromatic carbocycles. The van der Waals surface area contributed by atoms with Crippen molar-refractivity contribution in [3.05, 3.63) is 23.3 Å². The SMILES string of the molecule is COC1(C)OC2C(C3C(O)CC4C5=CCC6CC(OC7OC(CO)C(O)C(O)C7O)CCC6(C)C5=CCC43C)C(O)OC2C1(O)C(C)C. The second-order valence-corrected chi connectivity index (χ2v) is 16.7. The highest BCUT2D eigenvalue weighted by molar-refractivity contribution is 5.47. The van der Waals surface area contributed by atoms with Crippen LogP contribution in [-0.4, -0.2) is 122 Å². The van der Waals surface area contributed by atoms with Gasteiger partial charge in [-0.25, -0.2) is 0 Å². The predicted molar refractivity (Wildman–Crippen MR) is 170 cm³/mol. The fourth-order valence-corrected chi connectivity index (χ4v) is 11.3. The summed E-state index contributed by atoms with van der Waals surface area (Å²) < 4.78 is 30.2. The van der Waals surface area contributed by atoms with Gasteiger partial charge in [0.15, 0.2) is 18.4 Å². The lowest BCUT2D eigenvalue weighted by atomic mass is 9.51. The highest BCUT2D eigenvalue weighted by Crippen LogP contribution is 2.67. The molecule has 7 rings (SSSR count). The number of ether oxygens (including phenoxy) is 5. The molecule has 0 aromatic rings. The van der Waals surface area contributed by atoms with E-state index in [2.05, 4.69) is 26.0 Å². The molecule has 7 N–H and O–H groups in total. The molecule has 0 amide bonds. The maximum Gasteiger partial charge on any atom is 0.197 e. The number of allylic oxidation sites excluding steroid dienone is 4. The van der Waals surface area contributed by atoms with Gasteiger partial charge in [0.05, 0.1) is 24.9 Å². The summed E-state index contributed by atoms with van der Waals surface area (Å²) >= 11 is 0. The second kappa shape index (κ2) is 12.0. The van der Waals surface area contributed by atoms with Gasteiger partial charge in [0.25, 0.3) is 0 Å². The van der Waals surface area contributed by atoms with Crippen LogP contribution in [-0.2, 0) is 23.7 Å². The fraction of sp³-hybridized carbons (Fsp3) is 0.889. The van der Waals surface area contributed by atoms with Crippen LogP contribution in [0.25, 0.3) is 0 Å². The zero-order valence-electron chi connectivity index (χ0n) is 28.9. The van der Waals surface area contributed by atoms with Gasteiger partial charge in [0.1, 0.15) is 36.1 Å². The number of methoxy groups -OCH3 is 1. The van der Waals surface area contributed by atoms with Gasteiger partial charge in [0.2, 0.25) is 0 Å². The molecule has 272 valence electrons. The minimum Gasteiger partial charge on any atom is -0.394 e. The Bertz CT molecular complexity index is 1300. The Kier molecular flexibility index (Phi) is 8.87. The van der Waals surface area contributed by atoms with Gasteiger partial charge >= 0.3 is 0 Å². The van der Waals surface area contributed by atoms with E-state index in [4.69, 9.17) is 23.7 Å². The second-order valence-electron chi connectivity index (χ2n) is 16.7. The first-order chi connectivity index (χ1) is 22.6. The first-order valence-electron chi connectivity index (χ1n) is 17.9. The predicted octanol–water partition coefficient (Wildman–Crippen LogP) is 1.12. The first kappa shape index (κ1) is 35.4. The molecule has 0 bridgehead atoms. The van der Waals surface area contributed by atoms with Crippen LogP contribution in [0.2, 0.25) is 0 Å². The number of rotatable bonds is 6. The lowest BCUT2D eigenvalue weighted by Crippen LogP contribution is -2.60. The zero-order valence-corrected chi connectivity index (χ0v) is 28.9. The van der Waals surface area contributed by atoms with E-state index in [-0.39, 0.29) is 40.6 Å². The lowest BCUT2D eigenvalue weighted by molar-refractivity contribution is -0.314. The molecular formula is C36H56O12. The topological polar surface area (TPSA) is 188 Å². The minimum absolute atomic E-state index is 0.0730. The Morgan fingerprint density at radius 1 is 0.979 bits per heavy atom. The number of hydrogen-bond acceptors (Lipinski definition) is 12. The minimum atomic E-state index is -1.49. The van der Waals surface area contributed by atoms with Gasteiger partial charge in [-0.15, -0.1) is 0 Å². The van der Waals surface area contributed by atoms with E-state index in [9.17, 15) is 35.7 Å². The summed E-state index contributed by atoms with van der Waals surface area (Å²) in [6, 6.07) is 0. The number of aliphatic hydroxyl groups excluding tert-OH is 6. The molecule has 48 heavy (non-hydrogen) atoms. The van der Waals surface area contributed by atoms with Crippen molar-refractivity contribution in [2.45, 2.75) is 146 Å². The standard InChI is InChI=1S/C36H56O12/c1-16(2)36(43)30-29(48-35(36,5)44-6)24(31(42)47-30)25-22(38)14-21-19-8-7-17-13-18(9-11-33(17,3)20(19)10-12-34(21,25)4)45-32-28(41)27(40)26(39)23(15-37)46-32/h8,10,16-18,21-32,37-43H,7,9,11-15H2,1-6H3. The highest BCUT2D eigenvalue weighted by atomic mass is 16.8. The van der Waals surface area contributed by atoms with Crippen LogP contribution in [0.1, 0.15) is 73.1 Å². The van der Waals surface area contributed by atoms with E-state index in [0.29, 0.717) is 12.8 Å². The van der Waals surface area contributed by atoms with Crippen LogP contribution in [0.4, 0.5) is 0 Å². The molecule has 3 aliphatic heterocycles. The Hall–Kier alpha value is -1.00. The Labute approximate surface area is 282 Å². The molecule has 18 atom stereocenters. The summed E-state index contributed by atoms with van der Waals surface area (Å²) in [6.45, 7) is 9.53. The lowest BCUT2D eigenvalue weighted by Gasteiger charge is -2.54. The molecule has 12 nitrogen and oxygen atoms in total. The molecule has 5 fully saturated rings. The van der Waals surface area contributed by atoms with E-state index < -0.39 is 79.2 Å². The molecular weight excluding hydrogens is 624 g/mol. The normalized spacial score (nSPS) is 56.3. The van der Waals surface area contributed by atoms with E-state index in [0.717, 1.165) is 25.7 Å². The molecule has 18 unspecified atom stereocenters. The summed E-state index contributed by atoms with van der Waals surface area (Å²) in [4.78, 5) is 0. The Balaban J connectivity index is 1.11. The average molecular weight is 681 g/mol. The van der Waals surface area contributed by atoms with Gasteiger partial charge in [-0.1, -0.05) is 39.8 Å². The van der Waals surface area contributed by atoms with Gasteiger partial charge in [0, 0.05) is 18.9 Å². The van der Waals surface area contributed by atoms with E-state index in [1.165, 1.54) is 18.3 Å². The van der Waals surface area contributed by atoms with Crippen LogP contribution < -0.4 is 0 Å². The summed E-state index contributed by atoms with van der Waals surface area (Å²) in [5, 5.41) is 75.7. The quantitative estimate of drug-likeness (QED) is 0.212. The summed E-state index contributed by atoms with van der Waals surface area (Å²) in [7, 11) is 1.51. The van der Waals surface area contributed by atoms with Crippen LogP contribution in [0, 0.1) is 40.4 Å². The molecule has 12 heteroatoms. The van der Waals surface area contributed by atoms with Crippen molar-refractivity contribution >= 4 is 0 Å². The van der Waals surface area contributed by atoms with Gasteiger partial charge in [-0.3, -0.25) is 0 Å². The molecule has 2 saturated carbocycles. The van der Waals surface area contributed by atoms with Gasteiger partial charge < -0.3 is 59.4 Å². The van der Waals surface area contributed by atoms with Crippen molar-refractivity contribution in [2.24, 2.45) is 40.4 Å². The van der Waals surface area contributed by atoms with E-state index in [1.54, 1.807) is 6.92 Å². The van der Waals surface area contributed by atoms with Crippen LogP contribution in [0.5, 0.6) is 0 Å². The molecule has 3 heterocycles. The van der Waals surface area contributed by atoms with Crippen LogP contribution >= 0.6 is 0 Å². The first-order valence-corrected chi connectivity index (χ1v) is 17.9. The third kappa shape index (κ3) is 4.78. The summed E-state index contributed by atoms with van der Waals surface area (Å²) in [5.41, 5.74) is 0.603. The van der Waals surface area contributed by atoms with Gasteiger partial charge in [-0.2, -0.15) is 0 Å². The average Bonchev–Trinajstić information content (AvgIpc) is 3.59. The zero-order chi connectivity index (χ0) is 34.7. The van der Waals surface area contributed by atoms with Crippen molar-refractivity contribution in [2.75, 3.05) is 13.7 Å². The maximum atomic E-state index is 11.9. The fourth-order valence-electron chi connectivity index (χ4n) is 11.3. The summed E-state index contributed by atoms with van der Waals surface area (Å²) in [5.74, 6) is -2.17. The van der Waals surface area contributed by atoms with E-state index >= 15 is 0 Å². The molecule has 0 aromatic heterocycles. The molecule has 3 saturated heterocycles. The third-order valence-electron chi connectivity index (χ3n) is 14.2. The highest BCUT2D eigenvalue weighted by Gasteiger charge is 2.74. The van der Waals surface area contributed by atoms with Crippen molar-refractivity contribution in [1.29, 1.82) is 0 Å². The summed E-state index contributed by atoms with van der Waals surface area (Å²) in [6.07, 6.45) is -1.02. The molecule has 0 radical (unpaired) electrons. The van der Waals surface area contributed by atoms with Crippen LogP contribution in [0.3, 0.4) is 0 Å². The number of hydrogen-bond donors (Lipinski definition) is 7. The van der Waals surface area contributed by atoms with Crippen LogP contribution in [0.15, 0.2) is 23.3 Å². The molecule has 4 aliphatic carbocycles. The van der Waals surface area contributed by atoms with Crippen molar-refractivity contribution in [3.8, 4) is 0 Å². The van der Waals surface area contributed by atoms with Crippen molar-refractivity contribution in [1.82, 2.24) is 0 Å². The Morgan fingerprint density at radius 2 is 1.71 bits per heavy atom. The van der Waals surface area contributed by atoms with Gasteiger partial charge in [-0.05, 0) is 85.2 Å². The third-order valence-corrected chi connectivity index (χ3v) is 14.2. The van der Waals surface area contributed by atoms with E-state index in [1.807, 2.05) is 13.8 Å². The smallest absolute Gasteiger partial charge is 0.197 e.